The van der Waals surface area contributed by atoms with Gasteiger partial charge in [0.2, 0.25) is 0 Å². The van der Waals surface area contributed by atoms with Crippen LogP contribution in [0.3, 0.4) is 0 Å². The zero-order valence-electron chi connectivity index (χ0n) is 14.1. The summed E-state index contributed by atoms with van der Waals surface area (Å²) in [7, 11) is 4.89. The van der Waals surface area contributed by atoms with E-state index in [9.17, 15) is 19.7 Å². The maximum atomic E-state index is 12.0. The Balaban J connectivity index is 2.28. The Kier molecular flexibility index (Phi) is 4.99. The molecule has 1 aromatic carbocycles. The van der Waals surface area contributed by atoms with Gasteiger partial charge in [0.1, 0.15) is 0 Å². The van der Waals surface area contributed by atoms with E-state index in [1.165, 1.54) is 29.8 Å². The van der Waals surface area contributed by atoms with Crippen LogP contribution in [0.1, 0.15) is 24.2 Å². The van der Waals surface area contributed by atoms with Gasteiger partial charge in [-0.2, -0.15) is 0 Å². The van der Waals surface area contributed by atoms with Gasteiger partial charge < -0.3 is 0 Å². The molecule has 0 radical (unpaired) electrons. The molecule has 1 atom stereocenters. The first-order valence-corrected chi connectivity index (χ1v) is 7.43. The molecule has 8 nitrogen and oxygen atoms in total. The first-order valence-electron chi connectivity index (χ1n) is 7.43. The number of nitro benzene ring substituents is 1. The summed E-state index contributed by atoms with van der Waals surface area (Å²) in [6, 6.07) is 7.75. The molecule has 1 unspecified atom stereocenters. The van der Waals surface area contributed by atoms with Crippen molar-refractivity contribution in [1.82, 2.24) is 14.0 Å². The molecule has 8 heteroatoms. The standard InChI is InChI=1S/C16H20N4O4/c1-11(12-6-5-7-13(8-12)20(23)24)17(2)10-14-9-15(21)19(4)16(22)18(14)3/h5-9,11H,10H2,1-4H3. The van der Waals surface area contributed by atoms with E-state index in [0.717, 1.165) is 10.1 Å². The van der Waals surface area contributed by atoms with E-state index >= 15 is 0 Å². The van der Waals surface area contributed by atoms with Gasteiger partial charge in [0.15, 0.2) is 0 Å². The number of non-ortho nitro benzene ring substituents is 1. The average Bonchev–Trinajstić information content (AvgIpc) is 2.57. The van der Waals surface area contributed by atoms with Crippen LogP contribution in [0.4, 0.5) is 5.69 Å². The van der Waals surface area contributed by atoms with E-state index in [1.807, 2.05) is 24.9 Å². The van der Waals surface area contributed by atoms with Crippen LogP contribution in [0, 0.1) is 10.1 Å². The predicted octanol–water partition coefficient (Wildman–Crippen LogP) is 1.19. The quantitative estimate of drug-likeness (QED) is 0.606. The lowest BCUT2D eigenvalue weighted by atomic mass is 10.1. The summed E-state index contributed by atoms with van der Waals surface area (Å²) in [4.78, 5) is 36.2. The van der Waals surface area contributed by atoms with Gasteiger partial charge in [-0.05, 0) is 19.5 Å². The van der Waals surface area contributed by atoms with Crippen LogP contribution in [0.15, 0.2) is 39.9 Å². The zero-order valence-corrected chi connectivity index (χ0v) is 14.1. The Labute approximate surface area is 138 Å². The van der Waals surface area contributed by atoms with E-state index in [-0.39, 0.29) is 23.0 Å². The lowest BCUT2D eigenvalue weighted by Gasteiger charge is -2.25. The van der Waals surface area contributed by atoms with Crippen molar-refractivity contribution in [3.05, 3.63) is 72.5 Å². The molecule has 2 rings (SSSR count). The summed E-state index contributed by atoms with van der Waals surface area (Å²) < 4.78 is 2.48. The summed E-state index contributed by atoms with van der Waals surface area (Å²) in [5.41, 5.74) is 0.676. The molecule has 0 saturated heterocycles. The van der Waals surface area contributed by atoms with Crippen LogP contribution in [0.25, 0.3) is 0 Å². The summed E-state index contributed by atoms with van der Waals surface area (Å²) in [5.74, 6) is 0. The second kappa shape index (κ2) is 6.79. The summed E-state index contributed by atoms with van der Waals surface area (Å²) in [5, 5.41) is 10.9. The smallest absolute Gasteiger partial charge is 0.299 e. The van der Waals surface area contributed by atoms with E-state index in [2.05, 4.69) is 0 Å². The fraction of sp³-hybridized carbons (Fsp3) is 0.375. The largest absolute Gasteiger partial charge is 0.330 e. The SMILES string of the molecule is CC(c1cccc([N+](=O)[O-])c1)N(C)Cc1cc(=O)n(C)c(=O)n1C. The molecule has 0 fully saturated rings. The van der Waals surface area contributed by atoms with Crippen LogP contribution in [0.2, 0.25) is 0 Å². The van der Waals surface area contributed by atoms with Gasteiger partial charge in [-0.3, -0.25) is 28.9 Å². The molecule has 24 heavy (non-hydrogen) atoms. The van der Waals surface area contributed by atoms with Gasteiger partial charge in [-0.15, -0.1) is 0 Å². The third-order valence-corrected chi connectivity index (χ3v) is 4.26. The Hall–Kier alpha value is -2.74. The lowest BCUT2D eigenvalue weighted by Crippen LogP contribution is -2.39. The topological polar surface area (TPSA) is 90.4 Å². The van der Waals surface area contributed by atoms with Gasteiger partial charge in [0.05, 0.1) is 4.92 Å². The predicted molar refractivity (Wildman–Crippen MR) is 89.9 cm³/mol. The van der Waals surface area contributed by atoms with Crippen LogP contribution in [0.5, 0.6) is 0 Å². The third-order valence-electron chi connectivity index (χ3n) is 4.26. The fourth-order valence-electron chi connectivity index (χ4n) is 2.48. The highest BCUT2D eigenvalue weighted by Crippen LogP contribution is 2.23. The highest BCUT2D eigenvalue weighted by molar-refractivity contribution is 5.35. The van der Waals surface area contributed by atoms with Gasteiger partial charge in [0, 0.05) is 50.6 Å². The number of hydrogen-bond acceptors (Lipinski definition) is 5. The second-order valence-electron chi connectivity index (χ2n) is 5.82. The molecule has 0 spiro atoms. The van der Waals surface area contributed by atoms with E-state index in [0.29, 0.717) is 12.2 Å². The van der Waals surface area contributed by atoms with Crippen LogP contribution >= 0.6 is 0 Å². The maximum Gasteiger partial charge on any atom is 0.330 e. The fourth-order valence-corrected chi connectivity index (χ4v) is 2.48. The molecule has 0 amide bonds. The summed E-state index contributed by atoms with van der Waals surface area (Å²) in [6.07, 6.45) is 0. The Bertz CT molecular complexity index is 884. The van der Waals surface area contributed by atoms with Crippen molar-refractivity contribution in [2.24, 2.45) is 14.1 Å². The molecule has 0 saturated carbocycles. The van der Waals surface area contributed by atoms with E-state index in [1.54, 1.807) is 13.1 Å². The van der Waals surface area contributed by atoms with Crippen molar-refractivity contribution in [1.29, 1.82) is 0 Å². The van der Waals surface area contributed by atoms with Gasteiger partial charge >= 0.3 is 5.69 Å². The highest BCUT2D eigenvalue weighted by Gasteiger charge is 2.17. The van der Waals surface area contributed by atoms with Gasteiger partial charge in [0.25, 0.3) is 11.2 Å². The van der Waals surface area contributed by atoms with Crippen molar-refractivity contribution in [2.45, 2.75) is 19.5 Å². The highest BCUT2D eigenvalue weighted by atomic mass is 16.6. The van der Waals surface area contributed by atoms with Crippen molar-refractivity contribution >= 4 is 5.69 Å². The molecule has 1 aromatic heterocycles. The van der Waals surface area contributed by atoms with Crippen molar-refractivity contribution in [3.63, 3.8) is 0 Å². The molecular weight excluding hydrogens is 312 g/mol. The normalized spacial score (nSPS) is 12.4. The summed E-state index contributed by atoms with van der Waals surface area (Å²) >= 11 is 0. The minimum Gasteiger partial charge on any atom is -0.299 e. The first kappa shape index (κ1) is 17.6. The lowest BCUT2D eigenvalue weighted by molar-refractivity contribution is -0.384. The molecule has 0 aliphatic heterocycles. The van der Waals surface area contributed by atoms with Crippen LogP contribution in [-0.4, -0.2) is 26.0 Å². The molecule has 0 aliphatic rings. The number of nitrogens with zero attached hydrogens (tertiary/aromatic N) is 4. The maximum absolute atomic E-state index is 12.0. The van der Waals surface area contributed by atoms with Gasteiger partial charge in [-0.25, -0.2) is 4.79 Å². The Morgan fingerprint density at radius 3 is 2.50 bits per heavy atom. The number of nitro groups is 1. The Morgan fingerprint density at radius 1 is 1.21 bits per heavy atom. The van der Waals surface area contributed by atoms with Crippen molar-refractivity contribution in [2.75, 3.05) is 7.05 Å². The molecule has 0 bridgehead atoms. The summed E-state index contributed by atoms with van der Waals surface area (Å²) in [6.45, 7) is 2.28. The average molecular weight is 332 g/mol. The van der Waals surface area contributed by atoms with E-state index < -0.39 is 4.92 Å². The van der Waals surface area contributed by atoms with Crippen LogP contribution in [-0.2, 0) is 20.6 Å². The number of aromatic nitrogens is 2. The van der Waals surface area contributed by atoms with Crippen molar-refractivity contribution < 1.29 is 4.92 Å². The Morgan fingerprint density at radius 2 is 1.88 bits per heavy atom. The number of rotatable bonds is 5. The number of benzene rings is 1. The minimum absolute atomic E-state index is 0.0359. The molecule has 2 aromatic rings. The monoisotopic (exact) mass is 332 g/mol. The van der Waals surface area contributed by atoms with E-state index in [4.69, 9.17) is 0 Å². The van der Waals surface area contributed by atoms with Crippen LogP contribution < -0.4 is 11.2 Å². The minimum atomic E-state index is -0.430. The van der Waals surface area contributed by atoms with Crippen molar-refractivity contribution in [3.8, 4) is 0 Å². The molecule has 0 aliphatic carbocycles. The van der Waals surface area contributed by atoms with Gasteiger partial charge in [-0.1, -0.05) is 12.1 Å². The molecule has 128 valence electrons. The first-order chi connectivity index (χ1) is 11.2. The molecule has 0 N–H and O–H groups in total. The second-order valence-corrected chi connectivity index (χ2v) is 5.82. The molecule has 1 heterocycles. The number of hydrogen-bond donors (Lipinski definition) is 0. The molecular formula is C16H20N4O4. The third kappa shape index (κ3) is 3.43. The zero-order chi connectivity index (χ0) is 18.0.